The summed E-state index contributed by atoms with van der Waals surface area (Å²) in [6.07, 6.45) is 5.97. The normalized spacial score (nSPS) is 13.7. The summed E-state index contributed by atoms with van der Waals surface area (Å²) in [4.78, 5) is 13.2. The fourth-order valence-corrected chi connectivity index (χ4v) is 4.84. The molecule has 0 aliphatic carbocycles. The molecule has 1 aliphatic rings. The Morgan fingerprint density at radius 3 is 2.36 bits per heavy atom. The number of hydrazine groups is 1. The second-order valence-corrected chi connectivity index (χ2v) is 9.54. The van der Waals surface area contributed by atoms with E-state index in [1.54, 1.807) is 16.8 Å². The Kier molecular flexibility index (Phi) is 10.8. The Labute approximate surface area is 224 Å². The topological polar surface area (TPSA) is 70.4 Å². The number of benzene rings is 2. The van der Waals surface area contributed by atoms with Crippen molar-refractivity contribution in [3.63, 3.8) is 0 Å². The molecule has 2 aromatic carbocycles. The third-order valence-corrected chi connectivity index (χ3v) is 6.73. The summed E-state index contributed by atoms with van der Waals surface area (Å²) in [5.41, 5.74) is 7.81. The van der Waals surface area contributed by atoms with E-state index >= 15 is 0 Å². The summed E-state index contributed by atoms with van der Waals surface area (Å²) in [5.74, 6) is -0.217. The molecule has 4 rings (SSSR count). The molecule has 0 atom stereocenters. The maximum atomic E-state index is 13.2. The number of rotatable bonds is 8. The van der Waals surface area contributed by atoms with Gasteiger partial charge in [0, 0.05) is 35.8 Å². The molecular weight excluding hydrogens is 495 g/mol. The van der Waals surface area contributed by atoms with Crippen LogP contribution in [0, 0.1) is 6.92 Å². The molecule has 36 heavy (non-hydrogen) atoms. The van der Waals surface area contributed by atoms with E-state index in [1.165, 1.54) is 12.0 Å². The first kappa shape index (κ1) is 28.2. The number of carbonyl (C=O) groups excluding carboxylic acids is 1. The van der Waals surface area contributed by atoms with Gasteiger partial charge in [0.05, 0.1) is 16.4 Å². The Bertz CT molecular complexity index is 1140. The molecule has 0 unspecified atom stereocenters. The van der Waals surface area contributed by atoms with Gasteiger partial charge < -0.3 is 5.11 Å². The lowest BCUT2D eigenvalue weighted by molar-refractivity contribution is 0.0743. The molecule has 194 valence electrons. The number of aliphatic hydroxyl groups excluding tert-OH is 1. The Hall–Kier alpha value is -2.38. The molecule has 1 saturated heterocycles. The summed E-state index contributed by atoms with van der Waals surface area (Å²) < 4.78 is 1.74. The number of piperidine rings is 1. The molecule has 1 aliphatic heterocycles. The van der Waals surface area contributed by atoms with Gasteiger partial charge in [-0.05, 0) is 62.8 Å². The van der Waals surface area contributed by atoms with Gasteiger partial charge in [-0.1, -0.05) is 67.7 Å². The average Bonchev–Trinajstić information content (AvgIpc) is 3.23. The minimum Gasteiger partial charge on any atom is -0.396 e. The lowest BCUT2D eigenvalue weighted by Crippen LogP contribution is -2.45. The second kappa shape index (κ2) is 13.8. The Morgan fingerprint density at radius 2 is 1.72 bits per heavy atom. The van der Waals surface area contributed by atoms with E-state index in [4.69, 9.17) is 33.4 Å². The Balaban J connectivity index is 0.00000176. The monoisotopic (exact) mass is 530 g/mol. The number of hydrogen-bond acceptors (Lipinski definition) is 4. The largest absolute Gasteiger partial charge is 0.396 e. The molecule has 0 radical (unpaired) electrons. The lowest BCUT2D eigenvalue weighted by Gasteiger charge is -2.26. The minimum atomic E-state index is -0.217. The van der Waals surface area contributed by atoms with Crippen LogP contribution >= 0.6 is 23.2 Å². The van der Waals surface area contributed by atoms with Crippen LogP contribution < -0.4 is 5.43 Å². The zero-order valence-electron chi connectivity index (χ0n) is 21.4. The van der Waals surface area contributed by atoms with Gasteiger partial charge in [-0.25, -0.2) is 9.69 Å². The fraction of sp³-hybridized carbons (Fsp3) is 0.429. The first-order valence-corrected chi connectivity index (χ1v) is 13.5. The van der Waals surface area contributed by atoms with Crippen LogP contribution in [-0.2, 0) is 6.42 Å². The molecule has 0 spiro atoms. The number of nitrogens with one attached hydrogen (secondary N) is 1. The van der Waals surface area contributed by atoms with E-state index in [9.17, 15) is 4.79 Å². The number of unbranched alkanes of at least 4 members (excludes halogenated alkanes) is 1. The highest BCUT2D eigenvalue weighted by Gasteiger charge is 2.25. The van der Waals surface area contributed by atoms with E-state index in [1.807, 2.05) is 44.0 Å². The van der Waals surface area contributed by atoms with Gasteiger partial charge in [0.15, 0.2) is 5.69 Å². The molecular formula is C28H36Cl2N4O2. The number of aliphatic hydroxyl groups is 1. The van der Waals surface area contributed by atoms with Crippen molar-refractivity contribution in [3.8, 4) is 16.9 Å². The number of nitrogens with zero attached hydrogens (tertiary/aromatic N) is 3. The number of carbonyl (C=O) groups is 1. The summed E-state index contributed by atoms with van der Waals surface area (Å²) in [6, 6.07) is 13.5. The highest BCUT2D eigenvalue weighted by atomic mass is 35.5. The summed E-state index contributed by atoms with van der Waals surface area (Å²) in [5, 5.41) is 16.7. The van der Waals surface area contributed by atoms with E-state index in [-0.39, 0.29) is 12.5 Å². The molecule has 6 nitrogen and oxygen atoms in total. The van der Waals surface area contributed by atoms with Gasteiger partial charge in [-0.2, -0.15) is 5.10 Å². The zero-order chi connectivity index (χ0) is 26.1. The van der Waals surface area contributed by atoms with Crippen LogP contribution in [-0.4, -0.2) is 45.5 Å². The molecule has 8 heteroatoms. The van der Waals surface area contributed by atoms with Crippen LogP contribution in [0.15, 0.2) is 42.5 Å². The van der Waals surface area contributed by atoms with Crippen LogP contribution in [0.4, 0.5) is 0 Å². The molecule has 0 saturated carbocycles. The highest BCUT2D eigenvalue weighted by molar-refractivity contribution is 6.35. The average molecular weight is 532 g/mol. The summed E-state index contributed by atoms with van der Waals surface area (Å²) in [6.45, 7) is 7.82. The molecule has 2 N–H and O–H groups in total. The zero-order valence-corrected chi connectivity index (χ0v) is 22.9. The van der Waals surface area contributed by atoms with E-state index < -0.39 is 0 Å². The molecule has 1 aromatic heterocycles. The van der Waals surface area contributed by atoms with Crippen molar-refractivity contribution in [2.75, 3.05) is 19.7 Å². The number of halogens is 2. The van der Waals surface area contributed by atoms with Gasteiger partial charge in [0.1, 0.15) is 0 Å². The lowest BCUT2D eigenvalue weighted by atomic mass is 10.0. The smallest absolute Gasteiger partial charge is 0.286 e. The van der Waals surface area contributed by atoms with Crippen molar-refractivity contribution in [2.24, 2.45) is 0 Å². The first-order chi connectivity index (χ1) is 17.5. The third kappa shape index (κ3) is 6.88. The third-order valence-electron chi connectivity index (χ3n) is 6.19. The van der Waals surface area contributed by atoms with Crippen LogP contribution in [0.1, 0.15) is 67.6 Å². The molecule has 2 heterocycles. The summed E-state index contributed by atoms with van der Waals surface area (Å²) >= 11 is 12.7. The molecule has 1 fully saturated rings. The number of aryl methyl sites for hydroxylation is 1. The van der Waals surface area contributed by atoms with Crippen molar-refractivity contribution < 1.29 is 9.90 Å². The van der Waals surface area contributed by atoms with Gasteiger partial charge in [0.2, 0.25) is 0 Å². The number of aromatic nitrogens is 2. The van der Waals surface area contributed by atoms with Gasteiger partial charge in [-0.15, -0.1) is 0 Å². The van der Waals surface area contributed by atoms with Crippen LogP contribution in [0.25, 0.3) is 16.9 Å². The van der Waals surface area contributed by atoms with E-state index in [0.29, 0.717) is 21.4 Å². The van der Waals surface area contributed by atoms with Crippen LogP contribution in [0.3, 0.4) is 0 Å². The van der Waals surface area contributed by atoms with Gasteiger partial charge >= 0.3 is 0 Å². The molecule has 3 aromatic rings. The molecule has 0 bridgehead atoms. The fourth-order valence-electron chi connectivity index (χ4n) is 4.35. The van der Waals surface area contributed by atoms with Crippen molar-refractivity contribution in [1.82, 2.24) is 20.2 Å². The number of hydrogen-bond donors (Lipinski definition) is 2. The van der Waals surface area contributed by atoms with Crippen molar-refractivity contribution in [1.29, 1.82) is 0 Å². The van der Waals surface area contributed by atoms with Crippen molar-refractivity contribution >= 4 is 29.1 Å². The predicted octanol–water partition coefficient (Wildman–Crippen LogP) is 6.63. The highest BCUT2D eigenvalue weighted by Crippen LogP contribution is 2.33. The second-order valence-electron chi connectivity index (χ2n) is 8.70. The predicted molar refractivity (Wildman–Crippen MR) is 148 cm³/mol. The van der Waals surface area contributed by atoms with E-state index in [2.05, 4.69) is 17.6 Å². The quantitative estimate of drug-likeness (QED) is 0.320. The first-order valence-electron chi connectivity index (χ1n) is 12.8. The van der Waals surface area contributed by atoms with Crippen molar-refractivity contribution in [3.05, 3.63) is 69.3 Å². The van der Waals surface area contributed by atoms with Crippen molar-refractivity contribution in [2.45, 2.75) is 59.3 Å². The van der Waals surface area contributed by atoms with Gasteiger partial charge in [-0.3, -0.25) is 10.2 Å². The SMILES string of the molecule is CC.Cc1c(C(=O)NN2CCCCC2)nn(-c2ccc(Cl)cc2Cl)c1-c1ccc(CCCCO)cc1. The molecule has 1 amide bonds. The van der Waals surface area contributed by atoms with Crippen LogP contribution in [0.2, 0.25) is 10.0 Å². The maximum absolute atomic E-state index is 13.2. The van der Waals surface area contributed by atoms with Crippen LogP contribution in [0.5, 0.6) is 0 Å². The number of amides is 1. The Morgan fingerprint density at radius 1 is 1.03 bits per heavy atom. The van der Waals surface area contributed by atoms with Gasteiger partial charge in [0.25, 0.3) is 5.91 Å². The standard InChI is InChI=1S/C26H30Cl2N4O2.C2H6/c1-18-24(26(34)30-31-14-4-2-5-15-31)29-32(23-13-12-21(27)17-22(23)28)25(18)20-10-8-19(9-11-20)7-3-6-16-33;1-2/h8-13,17,33H,2-7,14-16H2,1H3,(H,30,34);1-2H3. The maximum Gasteiger partial charge on any atom is 0.286 e. The minimum absolute atomic E-state index is 0.209. The van der Waals surface area contributed by atoms with E-state index in [0.717, 1.165) is 62.0 Å². The summed E-state index contributed by atoms with van der Waals surface area (Å²) in [7, 11) is 0.